The average molecular weight is 359 g/mol. The van der Waals surface area contributed by atoms with Crippen LogP contribution < -0.4 is 15.0 Å². The van der Waals surface area contributed by atoms with E-state index in [1.54, 1.807) is 0 Å². The van der Waals surface area contributed by atoms with Crippen LogP contribution in [0.3, 0.4) is 0 Å². The van der Waals surface area contributed by atoms with Crippen molar-refractivity contribution in [2.24, 2.45) is 0 Å². The summed E-state index contributed by atoms with van der Waals surface area (Å²) in [6.45, 7) is 6.29. The number of aryl methyl sites for hydroxylation is 2. The molecule has 2 aromatic carbocycles. The molecule has 4 rings (SSSR count). The van der Waals surface area contributed by atoms with Gasteiger partial charge in [-0.05, 0) is 50.2 Å². The number of anilines is 1. The Kier molecular flexibility index (Phi) is 3.52. The van der Waals surface area contributed by atoms with E-state index in [9.17, 15) is 0 Å². The Morgan fingerprint density at radius 1 is 1.21 bits per heavy atom. The van der Waals surface area contributed by atoms with Crippen molar-refractivity contribution < 1.29 is 4.74 Å². The van der Waals surface area contributed by atoms with E-state index < -0.39 is 5.72 Å². The molecule has 0 radical (unpaired) electrons. The van der Waals surface area contributed by atoms with Gasteiger partial charge in [0.25, 0.3) is 0 Å². The number of rotatable bonds is 1. The van der Waals surface area contributed by atoms with Gasteiger partial charge < -0.3 is 10.1 Å². The zero-order chi connectivity index (χ0) is 17.1. The summed E-state index contributed by atoms with van der Waals surface area (Å²) in [6, 6.07) is 12.3. The lowest BCUT2D eigenvalue weighted by atomic mass is 9.89. The van der Waals surface area contributed by atoms with E-state index in [4.69, 9.17) is 28.6 Å². The fourth-order valence-corrected chi connectivity index (χ4v) is 4.50. The first-order valence-corrected chi connectivity index (χ1v) is 8.84. The summed E-state index contributed by atoms with van der Waals surface area (Å²) in [6.07, 6.45) is 0.800. The molecular formula is C19H19ClN2OS. The monoisotopic (exact) mass is 358 g/mol. The van der Waals surface area contributed by atoms with Crippen LogP contribution >= 0.6 is 23.8 Å². The van der Waals surface area contributed by atoms with Crippen molar-refractivity contribution in [3.8, 4) is 5.75 Å². The maximum atomic E-state index is 6.43. The third kappa shape index (κ3) is 2.20. The number of hydrogen-bond acceptors (Lipinski definition) is 2. The second kappa shape index (κ2) is 5.36. The average Bonchev–Trinajstić information content (AvgIpc) is 2.51. The van der Waals surface area contributed by atoms with Gasteiger partial charge in [-0.3, -0.25) is 4.90 Å². The Morgan fingerprint density at radius 3 is 2.58 bits per heavy atom. The van der Waals surface area contributed by atoms with Crippen molar-refractivity contribution in [1.82, 2.24) is 5.32 Å². The molecule has 2 atom stereocenters. The van der Waals surface area contributed by atoms with E-state index in [0.717, 1.165) is 23.4 Å². The number of benzene rings is 2. The van der Waals surface area contributed by atoms with Crippen LogP contribution in [-0.2, 0) is 0 Å². The molecule has 1 N–H and O–H groups in total. The molecule has 124 valence electrons. The number of hydrogen-bond donors (Lipinski definition) is 1. The largest absolute Gasteiger partial charge is 0.466 e. The van der Waals surface area contributed by atoms with Crippen LogP contribution in [0.1, 0.15) is 36.1 Å². The molecule has 0 amide bonds. The summed E-state index contributed by atoms with van der Waals surface area (Å²) in [5, 5.41) is 4.81. The summed E-state index contributed by atoms with van der Waals surface area (Å²) < 4.78 is 6.43. The van der Waals surface area contributed by atoms with Gasteiger partial charge in [-0.15, -0.1) is 0 Å². The Balaban J connectivity index is 1.88. The van der Waals surface area contributed by atoms with E-state index in [1.807, 2.05) is 12.1 Å². The molecule has 0 spiro atoms. The van der Waals surface area contributed by atoms with Crippen LogP contribution in [0.5, 0.6) is 5.75 Å². The molecule has 3 nitrogen and oxygen atoms in total. The van der Waals surface area contributed by atoms with Crippen molar-refractivity contribution >= 4 is 34.6 Å². The van der Waals surface area contributed by atoms with Crippen molar-refractivity contribution in [2.75, 3.05) is 4.90 Å². The summed E-state index contributed by atoms with van der Waals surface area (Å²) >= 11 is 12.1. The molecule has 2 aliphatic rings. The molecule has 2 aliphatic heterocycles. The molecule has 2 unspecified atom stereocenters. The molecule has 1 fully saturated rings. The number of ether oxygens (including phenoxy) is 1. The highest BCUT2D eigenvalue weighted by atomic mass is 35.5. The molecule has 1 saturated heterocycles. The Labute approximate surface area is 152 Å². The van der Waals surface area contributed by atoms with Crippen molar-refractivity contribution in [2.45, 2.75) is 39.0 Å². The van der Waals surface area contributed by atoms with E-state index in [-0.39, 0.29) is 6.04 Å². The van der Waals surface area contributed by atoms with E-state index >= 15 is 0 Å². The Morgan fingerprint density at radius 2 is 1.88 bits per heavy atom. The van der Waals surface area contributed by atoms with Crippen LogP contribution in [0.4, 0.5) is 5.69 Å². The van der Waals surface area contributed by atoms with Gasteiger partial charge in [0.05, 0.1) is 16.8 Å². The van der Waals surface area contributed by atoms with Gasteiger partial charge in [0.15, 0.2) is 10.8 Å². The minimum absolute atomic E-state index is 0.116. The molecule has 2 heterocycles. The molecule has 0 aromatic heterocycles. The fraction of sp³-hybridized carbons (Fsp3) is 0.316. The fourth-order valence-electron chi connectivity index (χ4n) is 3.85. The summed E-state index contributed by atoms with van der Waals surface area (Å²) in [5.41, 5.74) is 3.96. The normalized spacial score (nSPS) is 24.9. The van der Waals surface area contributed by atoms with Crippen LogP contribution in [-0.4, -0.2) is 10.8 Å². The van der Waals surface area contributed by atoms with Gasteiger partial charge in [0, 0.05) is 12.0 Å². The lowest BCUT2D eigenvalue weighted by Crippen LogP contribution is -2.65. The zero-order valence-electron chi connectivity index (χ0n) is 13.9. The van der Waals surface area contributed by atoms with Gasteiger partial charge in [0.2, 0.25) is 0 Å². The van der Waals surface area contributed by atoms with E-state index in [2.05, 4.69) is 55.3 Å². The number of fused-ring (bicyclic) bond motifs is 4. The molecule has 24 heavy (non-hydrogen) atoms. The van der Waals surface area contributed by atoms with E-state index in [1.165, 1.54) is 11.1 Å². The van der Waals surface area contributed by atoms with Crippen LogP contribution in [0.25, 0.3) is 0 Å². The maximum Gasteiger partial charge on any atom is 0.188 e. The van der Waals surface area contributed by atoms with Crippen molar-refractivity contribution in [3.05, 3.63) is 58.1 Å². The predicted octanol–water partition coefficient (Wildman–Crippen LogP) is 4.89. The van der Waals surface area contributed by atoms with Crippen molar-refractivity contribution in [1.29, 1.82) is 0 Å². The minimum Gasteiger partial charge on any atom is -0.466 e. The number of nitrogens with one attached hydrogen (secondary N) is 1. The van der Waals surface area contributed by atoms with Gasteiger partial charge >= 0.3 is 0 Å². The first kappa shape index (κ1) is 15.7. The number of para-hydroxylation sites is 2. The standard InChI is InChI=1S/C19H19ClN2OS/c1-11-6-4-7-12(2)16(11)22-18(24)21-15-10-19(22,3)23-17-13(15)8-5-9-14(17)20/h4-9,15H,10H2,1-3H3,(H,21,24). The van der Waals surface area contributed by atoms with Gasteiger partial charge in [0.1, 0.15) is 5.75 Å². The molecule has 0 aliphatic carbocycles. The second-order valence-corrected chi connectivity index (χ2v) is 7.51. The highest BCUT2D eigenvalue weighted by molar-refractivity contribution is 7.80. The molecule has 0 saturated carbocycles. The first-order chi connectivity index (χ1) is 11.4. The third-order valence-corrected chi connectivity index (χ3v) is 5.51. The Bertz CT molecular complexity index is 833. The second-order valence-electron chi connectivity index (χ2n) is 6.72. The first-order valence-electron chi connectivity index (χ1n) is 8.05. The van der Waals surface area contributed by atoms with Crippen molar-refractivity contribution in [3.63, 3.8) is 0 Å². The van der Waals surface area contributed by atoms with Gasteiger partial charge in [-0.1, -0.05) is 41.9 Å². The van der Waals surface area contributed by atoms with Crippen LogP contribution in [0, 0.1) is 13.8 Å². The lowest BCUT2D eigenvalue weighted by Gasteiger charge is -2.52. The number of thiocarbonyl (C=S) groups is 1. The van der Waals surface area contributed by atoms with Crippen LogP contribution in [0.2, 0.25) is 5.02 Å². The number of halogens is 1. The molecule has 5 heteroatoms. The summed E-state index contributed by atoms with van der Waals surface area (Å²) in [4.78, 5) is 2.11. The van der Waals surface area contributed by atoms with E-state index in [0.29, 0.717) is 10.1 Å². The zero-order valence-corrected chi connectivity index (χ0v) is 15.5. The van der Waals surface area contributed by atoms with Crippen LogP contribution in [0.15, 0.2) is 36.4 Å². The SMILES string of the molecule is Cc1cccc(C)c1N1C(=S)NC2CC1(C)Oc1c(Cl)cccc12. The minimum atomic E-state index is -0.568. The molecule has 2 bridgehead atoms. The lowest BCUT2D eigenvalue weighted by molar-refractivity contribution is 0.0497. The maximum absolute atomic E-state index is 6.43. The third-order valence-electron chi connectivity index (χ3n) is 4.91. The molecule has 2 aromatic rings. The summed E-state index contributed by atoms with van der Waals surface area (Å²) in [5.74, 6) is 0.754. The smallest absolute Gasteiger partial charge is 0.188 e. The predicted molar refractivity (Wildman–Crippen MR) is 102 cm³/mol. The van der Waals surface area contributed by atoms with Gasteiger partial charge in [-0.2, -0.15) is 0 Å². The molecular weight excluding hydrogens is 340 g/mol. The topological polar surface area (TPSA) is 24.5 Å². The number of nitrogens with zero attached hydrogens (tertiary/aromatic N) is 1. The highest BCUT2D eigenvalue weighted by Gasteiger charge is 2.49. The Hall–Kier alpha value is -1.78. The summed E-state index contributed by atoms with van der Waals surface area (Å²) in [7, 11) is 0. The highest BCUT2D eigenvalue weighted by Crippen LogP contribution is 2.48. The quantitative estimate of drug-likeness (QED) is 0.733. The van der Waals surface area contributed by atoms with Gasteiger partial charge in [-0.25, -0.2) is 0 Å².